The minimum atomic E-state index is -0.00916. The van der Waals surface area contributed by atoms with Crippen molar-refractivity contribution in [2.75, 3.05) is 20.1 Å². The number of hydrogen-bond donors (Lipinski definition) is 1. The quantitative estimate of drug-likeness (QED) is 0.848. The molecule has 2 rings (SSSR count). The van der Waals surface area contributed by atoms with Crippen LogP contribution in [0.25, 0.3) is 0 Å². The van der Waals surface area contributed by atoms with E-state index in [-0.39, 0.29) is 5.41 Å². The Hall–Kier alpha value is -0.570. The van der Waals surface area contributed by atoms with Crippen LogP contribution in [0.4, 0.5) is 0 Å². The van der Waals surface area contributed by atoms with E-state index in [1.807, 2.05) is 0 Å². The number of carbonyl (C=O) groups excluding carboxylic acids is 1. The van der Waals surface area contributed by atoms with Crippen molar-refractivity contribution in [2.24, 2.45) is 11.3 Å². The zero-order chi connectivity index (χ0) is 13.9. The van der Waals surface area contributed by atoms with Gasteiger partial charge in [0.2, 0.25) is 5.91 Å². The molecule has 2 aliphatic rings. The summed E-state index contributed by atoms with van der Waals surface area (Å²) in [5, 5.41) is 3.42. The fourth-order valence-corrected chi connectivity index (χ4v) is 4.12. The van der Waals surface area contributed by atoms with E-state index < -0.39 is 0 Å². The summed E-state index contributed by atoms with van der Waals surface area (Å²) >= 11 is 0. The molecule has 3 nitrogen and oxygen atoms in total. The topological polar surface area (TPSA) is 32.3 Å². The molecule has 1 saturated heterocycles. The smallest absolute Gasteiger partial charge is 0.228 e. The Balaban J connectivity index is 2.04. The van der Waals surface area contributed by atoms with E-state index in [2.05, 4.69) is 31.1 Å². The molecule has 0 aromatic rings. The maximum atomic E-state index is 12.9. The molecular formula is C16H30N2O. The lowest BCUT2D eigenvalue weighted by atomic mass is 9.80. The SMILES string of the molecule is CCC1CN(C(=O)C2(CC)CCCC2)CCC1NC. The minimum Gasteiger partial charge on any atom is -0.342 e. The number of amides is 1. The van der Waals surface area contributed by atoms with E-state index in [1.165, 1.54) is 12.8 Å². The van der Waals surface area contributed by atoms with Crippen LogP contribution < -0.4 is 5.32 Å². The van der Waals surface area contributed by atoms with E-state index >= 15 is 0 Å². The standard InChI is InChI=1S/C16H30N2O/c1-4-13-12-18(11-8-14(13)17-3)15(19)16(5-2)9-6-7-10-16/h13-14,17H,4-12H2,1-3H3. The Labute approximate surface area is 118 Å². The van der Waals surface area contributed by atoms with E-state index in [4.69, 9.17) is 0 Å². The Morgan fingerprint density at radius 2 is 2.00 bits per heavy atom. The summed E-state index contributed by atoms with van der Waals surface area (Å²) in [6, 6.07) is 0.593. The van der Waals surface area contributed by atoms with Gasteiger partial charge in [-0.1, -0.05) is 33.1 Å². The van der Waals surface area contributed by atoms with Gasteiger partial charge >= 0.3 is 0 Å². The van der Waals surface area contributed by atoms with Gasteiger partial charge in [0.1, 0.15) is 0 Å². The Bertz CT molecular complexity index is 310. The van der Waals surface area contributed by atoms with Gasteiger partial charge in [-0.3, -0.25) is 4.79 Å². The van der Waals surface area contributed by atoms with Gasteiger partial charge in [0.15, 0.2) is 0 Å². The summed E-state index contributed by atoms with van der Waals surface area (Å²) in [6.07, 6.45) is 8.01. The van der Waals surface area contributed by atoms with E-state index in [0.29, 0.717) is 17.9 Å². The van der Waals surface area contributed by atoms with Crippen LogP contribution in [0.5, 0.6) is 0 Å². The van der Waals surface area contributed by atoms with Crippen LogP contribution in [0.2, 0.25) is 0 Å². The van der Waals surface area contributed by atoms with E-state index in [1.54, 1.807) is 0 Å². The maximum absolute atomic E-state index is 12.9. The van der Waals surface area contributed by atoms with Crippen molar-refractivity contribution < 1.29 is 4.79 Å². The second kappa shape index (κ2) is 6.25. The molecule has 1 heterocycles. The fourth-order valence-electron chi connectivity index (χ4n) is 4.12. The van der Waals surface area contributed by atoms with Gasteiger partial charge < -0.3 is 10.2 Å². The molecule has 0 spiro atoms. The highest BCUT2D eigenvalue weighted by Crippen LogP contribution is 2.43. The van der Waals surface area contributed by atoms with Crippen LogP contribution in [-0.4, -0.2) is 37.0 Å². The molecule has 0 radical (unpaired) electrons. The van der Waals surface area contributed by atoms with Crippen molar-refractivity contribution in [3.05, 3.63) is 0 Å². The van der Waals surface area contributed by atoms with Crippen LogP contribution in [0, 0.1) is 11.3 Å². The third kappa shape index (κ3) is 2.81. The number of rotatable bonds is 4. The van der Waals surface area contributed by atoms with E-state index in [9.17, 15) is 4.79 Å². The predicted molar refractivity (Wildman–Crippen MR) is 79.0 cm³/mol. The van der Waals surface area contributed by atoms with Crippen molar-refractivity contribution in [1.29, 1.82) is 0 Å². The molecule has 2 unspecified atom stereocenters. The zero-order valence-corrected chi connectivity index (χ0v) is 12.9. The number of nitrogens with zero attached hydrogens (tertiary/aromatic N) is 1. The average molecular weight is 266 g/mol. The number of carbonyl (C=O) groups is 1. The second-order valence-corrected chi connectivity index (χ2v) is 6.44. The number of nitrogens with one attached hydrogen (secondary N) is 1. The van der Waals surface area contributed by atoms with Crippen LogP contribution in [0.3, 0.4) is 0 Å². The highest BCUT2D eigenvalue weighted by atomic mass is 16.2. The van der Waals surface area contributed by atoms with Crippen LogP contribution in [-0.2, 0) is 4.79 Å². The summed E-state index contributed by atoms with van der Waals surface area (Å²) in [5.74, 6) is 1.08. The first-order valence-corrected chi connectivity index (χ1v) is 8.13. The molecule has 2 atom stereocenters. The molecule has 110 valence electrons. The van der Waals surface area contributed by atoms with Crippen molar-refractivity contribution in [3.8, 4) is 0 Å². The summed E-state index contributed by atoms with van der Waals surface area (Å²) in [4.78, 5) is 15.1. The molecule has 1 aliphatic carbocycles. The molecule has 1 N–H and O–H groups in total. The Morgan fingerprint density at radius 1 is 1.32 bits per heavy atom. The van der Waals surface area contributed by atoms with Crippen LogP contribution in [0.1, 0.15) is 58.8 Å². The number of piperidine rings is 1. The summed E-state index contributed by atoms with van der Waals surface area (Å²) in [7, 11) is 2.05. The minimum absolute atomic E-state index is 0.00916. The first kappa shape index (κ1) is 14.8. The average Bonchev–Trinajstić information content (AvgIpc) is 2.95. The van der Waals surface area contributed by atoms with Crippen molar-refractivity contribution in [2.45, 2.75) is 64.8 Å². The van der Waals surface area contributed by atoms with Gasteiger partial charge in [0.05, 0.1) is 0 Å². The molecular weight excluding hydrogens is 236 g/mol. The van der Waals surface area contributed by atoms with Gasteiger partial charge in [-0.05, 0) is 38.6 Å². The Kier molecular flexibility index (Phi) is 4.88. The highest BCUT2D eigenvalue weighted by molar-refractivity contribution is 5.83. The normalized spacial score (nSPS) is 30.6. The largest absolute Gasteiger partial charge is 0.342 e. The molecule has 0 aromatic carbocycles. The summed E-state index contributed by atoms with van der Waals surface area (Å²) in [5.41, 5.74) is -0.00916. The first-order valence-electron chi connectivity index (χ1n) is 8.13. The molecule has 3 heteroatoms. The lowest BCUT2D eigenvalue weighted by molar-refractivity contribution is -0.144. The zero-order valence-electron chi connectivity index (χ0n) is 12.9. The van der Waals surface area contributed by atoms with Gasteiger partial charge in [-0.2, -0.15) is 0 Å². The maximum Gasteiger partial charge on any atom is 0.228 e. The number of hydrogen-bond acceptors (Lipinski definition) is 2. The van der Waals surface area contributed by atoms with Gasteiger partial charge in [-0.25, -0.2) is 0 Å². The van der Waals surface area contributed by atoms with Crippen LogP contribution >= 0.6 is 0 Å². The van der Waals surface area contributed by atoms with E-state index in [0.717, 1.165) is 45.2 Å². The molecule has 1 saturated carbocycles. The second-order valence-electron chi connectivity index (χ2n) is 6.44. The molecule has 1 amide bonds. The number of likely N-dealkylation sites (tertiary alicyclic amines) is 1. The third-order valence-electron chi connectivity index (χ3n) is 5.61. The molecule has 19 heavy (non-hydrogen) atoms. The Morgan fingerprint density at radius 3 is 2.53 bits per heavy atom. The summed E-state index contributed by atoms with van der Waals surface area (Å²) in [6.45, 7) is 6.35. The molecule has 1 aliphatic heterocycles. The molecule has 0 bridgehead atoms. The molecule has 2 fully saturated rings. The van der Waals surface area contributed by atoms with Crippen molar-refractivity contribution in [3.63, 3.8) is 0 Å². The van der Waals surface area contributed by atoms with Gasteiger partial charge in [0, 0.05) is 24.5 Å². The van der Waals surface area contributed by atoms with Crippen LogP contribution in [0.15, 0.2) is 0 Å². The lowest BCUT2D eigenvalue weighted by Gasteiger charge is -2.42. The predicted octanol–water partition coefficient (Wildman–Crippen LogP) is 2.80. The van der Waals surface area contributed by atoms with Gasteiger partial charge in [-0.15, -0.1) is 0 Å². The third-order valence-corrected chi connectivity index (χ3v) is 5.61. The van der Waals surface area contributed by atoms with Crippen molar-refractivity contribution >= 4 is 5.91 Å². The monoisotopic (exact) mass is 266 g/mol. The lowest BCUT2D eigenvalue weighted by Crippen LogP contribution is -2.53. The summed E-state index contributed by atoms with van der Waals surface area (Å²) < 4.78 is 0. The highest BCUT2D eigenvalue weighted by Gasteiger charge is 2.43. The van der Waals surface area contributed by atoms with Crippen molar-refractivity contribution in [1.82, 2.24) is 10.2 Å². The first-order chi connectivity index (χ1) is 9.16. The molecule has 0 aromatic heterocycles. The van der Waals surface area contributed by atoms with Gasteiger partial charge in [0.25, 0.3) is 0 Å². The fraction of sp³-hybridized carbons (Fsp3) is 0.938.